The molecule has 1 aliphatic heterocycles. The maximum Gasteiger partial charge on any atom is 0.0586 e. The third kappa shape index (κ3) is 1.27. The lowest BCUT2D eigenvalue weighted by atomic mass is 9.84. The fourth-order valence-electron chi connectivity index (χ4n) is 3.07. The second-order valence-corrected chi connectivity index (χ2v) is 4.66. The maximum atomic E-state index is 9.14. The first-order valence-electron chi connectivity index (χ1n) is 5.07. The molecule has 1 saturated heterocycles. The molecule has 1 saturated carbocycles. The van der Waals surface area contributed by atoms with Gasteiger partial charge in [-0.2, -0.15) is 0 Å². The summed E-state index contributed by atoms with van der Waals surface area (Å²) in [7, 11) is 2.15. The second kappa shape index (κ2) is 3.00. The Hall–Kier alpha value is -0.0800. The van der Waals surface area contributed by atoms with E-state index in [0.717, 1.165) is 0 Å². The fourth-order valence-corrected chi connectivity index (χ4v) is 3.07. The Bertz CT molecular complexity index is 163. The molecule has 1 aliphatic carbocycles. The van der Waals surface area contributed by atoms with E-state index >= 15 is 0 Å². The molecule has 1 spiro atoms. The Morgan fingerprint density at radius 2 is 2.08 bits per heavy atom. The number of likely N-dealkylation sites (N-methyl/N-ethyl adjacent to an activating group) is 1. The van der Waals surface area contributed by atoms with Crippen molar-refractivity contribution in [1.82, 2.24) is 4.90 Å². The zero-order chi connectivity index (χ0) is 8.60. The van der Waals surface area contributed by atoms with Crippen molar-refractivity contribution < 1.29 is 5.11 Å². The van der Waals surface area contributed by atoms with Gasteiger partial charge in [-0.3, -0.25) is 0 Å². The predicted octanol–water partition coefficient (Wildman–Crippen LogP) is 1.24. The van der Waals surface area contributed by atoms with E-state index in [-0.39, 0.29) is 0 Å². The minimum absolute atomic E-state index is 0.345. The van der Waals surface area contributed by atoms with Crippen LogP contribution in [0, 0.1) is 5.41 Å². The van der Waals surface area contributed by atoms with Crippen LogP contribution in [0.5, 0.6) is 0 Å². The number of likely N-dealkylation sites (tertiary alicyclic amines) is 1. The van der Waals surface area contributed by atoms with Crippen molar-refractivity contribution >= 4 is 0 Å². The lowest BCUT2D eigenvalue weighted by Crippen LogP contribution is -2.28. The zero-order valence-electron chi connectivity index (χ0n) is 7.92. The van der Waals surface area contributed by atoms with Gasteiger partial charge in [-0.25, -0.2) is 0 Å². The van der Waals surface area contributed by atoms with Crippen LogP contribution < -0.4 is 0 Å². The number of aliphatic hydroxyl groups is 1. The molecule has 1 atom stereocenters. The molecule has 2 aliphatic rings. The van der Waals surface area contributed by atoms with E-state index in [1.54, 1.807) is 0 Å². The van der Waals surface area contributed by atoms with Gasteiger partial charge in [0.15, 0.2) is 0 Å². The molecule has 0 aromatic rings. The third-order valence-electron chi connectivity index (χ3n) is 3.75. The molecule has 1 heterocycles. The molecule has 2 heteroatoms. The number of nitrogens with zero attached hydrogens (tertiary/aromatic N) is 1. The molecule has 0 radical (unpaired) electrons. The second-order valence-electron chi connectivity index (χ2n) is 4.66. The normalized spacial score (nSPS) is 35.0. The summed E-state index contributed by atoms with van der Waals surface area (Å²) in [6.45, 7) is 1.57. The van der Waals surface area contributed by atoms with E-state index in [1.807, 2.05) is 0 Å². The molecule has 1 unspecified atom stereocenters. The monoisotopic (exact) mass is 169 g/mol. The highest BCUT2D eigenvalue weighted by Crippen LogP contribution is 2.46. The summed E-state index contributed by atoms with van der Waals surface area (Å²) >= 11 is 0. The van der Waals surface area contributed by atoms with Crippen LogP contribution in [0.25, 0.3) is 0 Å². The highest BCUT2D eigenvalue weighted by Gasteiger charge is 2.43. The first-order valence-corrected chi connectivity index (χ1v) is 5.07. The van der Waals surface area contributed by atoms with Crippen molar-refractivity contribution in [3.8, 4) is 0 Å². The molecule has 0 aromatic heterocycles. The van der Waals surface area contributed by atoms with Crippen LogP contribution in [0.15, 0.2) is 0 Å². The van der Waals surface area contributed by atoms with Gasteiger partial charge in [-0.15, -0.1) is 0 Å². The summed E-state index contributed by atoms with van der Waals surface area (Å²) in [6, 6.07) is 0.447. The first kappa shape index (κ1) is 8.52. The highest BCUT2D eigenvalue weighted by molar-refractivity contribution is 4.96. The first-order chi connectivity index (χ1) is 5.76. The lowest BCUT2D eigenvalue weighted by molar-refractivity contribution is 0.182. The van der Waals surface area contributed by atoms with Crippen molar-refractivity contribution in [2.45, 2.75) is 38.1 Å². The smallest absolute Gasteiger partial charge is 0.0586 e. The summed E-state index contributed by atoms with van der Waals surface area (Å²) in [6.07, 6.45) is 6.85. The highest BCUT2D eigenvalue weighted by atomic mass is 16.3. The Morgan fingerprint density at radius 1 is 1.42 bits per heavy atom. The lowest BCUT2D eigenvalue weighted by Gasteiger charge is -2.21. The van der Waals surface area contributed by atoms with E-state index in [1.165, 1.54) is 38.6 Å². The van der Waals surface area contributed by atoms with Crippen LogP contribution in [0.3, 0.4) is 0 Å². The van der Waals surface area contributed by atoms with Crippen molar-refractivity contribution in [3.63, 3.8) is 0 Å². The average Bonchev–Trinajstić information content (AvgIpc) is 2.60. The number of rotatable bonds is 1. The predicted molar refractivity (Wildman–Crippen MR) is 49.0 cm³/mol. The standard InChI is InChI=1S/C10H19NO/c1-11-8-10(4-2-3-5-10)6-9(11)7-12/h9,12H,2-8H2,1H3. The van der Waals surface area contributed by atoms with Gasteiger partial charge in [-0.05, 0) is 31.7 Å². The van der Waals surface area contributed by atoms with Crippen LogP contribution in [0.2, 0.25) is 0 Å². The van der Waals surface area contributed by atoms with E-state index in [0.29, 0.717) is 18.1 Å². The quantitative estimate of drug-likeness (QED) is 0.638. The van der Waals surface area contributed by atoms with E-state index < -0.39 is 0 Å². The molecular formula is C10H19NO. The van der Waals surface area contributed by atoms with Crippen LogP contribution in [-0.2, 0) is 0 Å². The van der Waals surface area contributed by atoms with Gasteiger partial charge in [0.25, 0.3) is 0 Å². The van der Waals surface area contributed by atoms with E-state index in [2.05, 4.69) is 11.9 Å². The minimum Gasteiger partial charge on any atom is -0.395 e. The van der Waals surface area contributed by atoms with Gasteiger partial charge in [-0.1, -0.05) is 12.8 Å². The van der Waals surface area contributed by atoms with E-state index in [9.17, 15) is 0 Å². The van der Waals surface area contributed by atoms with Crippen LogP contribution in [-0.4, -0.2) is 36.2 Å². The van der Waals surface area contributed by atoms with E-state index in [4.69, 9.17) is 5.11 Å². The van der Waals surface area contributed by atoms with Crippen molar-refractivity contribution in [1.29, 1.82) is 0 Å². The third-order valence-corrected chi connectivity index (χ3v) is 3.75. The van der Waals surface area contributed by atoms with Gasteiger partial charge in [0, 0.05) is 12.6 Å². The molecule has 0 aromatic carbocycles. The molecular weight excluding hydrogens is 150 g/mol. The minimum atomic E-state index is 0.345. The Balaban J connectivity index is 2.03. The van der Waals surface area contributed by atoms with Crippen molar-refractivity contribution in [2.75, 3.05) is 20.2 Å². The van der Waals surface area contributed by atoms with Crippen LogP contribution in [0.1, 0.15) is 32.1 Å². The summed E-state index contributed by atoms with van der Waals surface area (Å²) in [5, 5.41) is 9.14. The van der Waals surface area contributed by atoms with Crippen LogP contribution >= 0.6 is 0 Å². The number of aliphatic hydroxyl groups excluding tert-OH is 1. The maximum absolute atomic E-state index is 9.14. The van der Waals surface area contributed by atoms with Gasteiger partial charge in [0.1, 0.15) is 0 Å². The summed E-state index contributed by atoms with van der Waals surface area (Å²) < 4.78 is 0. The Labute approximate surface area is 74.6 Å². The molecule has 0 bridgehead atoms. The van der Waals surface area contributed by atoms with Crippen LogP contribution in [0.4, 0.5) is 0 Å². The number of hydrogen-bond donors (Lipinski definition) is 1. The molecule has 2 rings (SSSR count). The topological polar surface area (TPSA) is 23.5 Å². The van der Waals surface area contributed by atoms with Gasteiger partial charge >= 0.3 is 0 Å². The molecule has 1 N–H and O–H groups in total. The largest absolute Gasteiger partial charge is 0.395 e. The molecule has 70 valence electrons. The summed E-state index contributed by atoms with van der Waals surface area (Å²) in [5.74, 6) is 0. The van der Waals surface area contributed by atoms with Crippen molar-refractivity contribution in [3.05, 3.63) is 0 Å². The Morgan fingerprint density at radius 3 is 2.58 bits per heavy atom. The van der Waals surface area contributed by atoms with Gasteiger partial charge in [0.05, 0.1) is 6.61 Å². The zero-order valence-corrected chi connectivity index (χ0v) is 7.92. The Kier molecular flexibility index (Phi) is 2.13. The van der Waals surface area contributed by atoms with Crippen molar-refractivity contribution in [2.24, 2.45) is 5.41 Å². The molecule has 0 amide bonds. The molecule has 2 nitrogen and oxygen atoms in total. The SMILES string of the molecule is CN1CC2(CCCC2)CC1CO. The fraction of sp³-hybridized carbons (Fsp3) is 1.00. The average molecular weight is 169 g/mol. The van der Waals surface area contributed by atoms with Gasteiger partial charge in [0.2, 0.25) is 0 Å². The summed E-state index contributed by atoms with van der Waals surface area (Å²) in [5.41, 5.74) is 0.599. The molecule has 12 heavy (non-hydrogen) atoms. The summed E-state index contributed by atoms with van der Waals surface area (Å²) in [4.78, 5) is 2.34. The van der Waals surface area contributed by atoms with Gasteiger partial charge < -0.3 is 10.0 Å². The molecule has 2 fully saturated rings. The number of hydrogen-bond acceptors (Lipinski definition) is 2.